The number of fused-ring (bicyclic) bond motifs is 1. The lowest BCUT2D eigenvalue weighted by Gasteiger charge is -2.52. The van der Waals surface area contributed by atoms with Gasteiger partial charge < -0.3 is 47.9 Å². The van der Waals surface area contributed by atoms with E-state index in [0.717, 1.165) is 41.5 Å². The first-order valence-corrected chi connectivity index (χ1v) is 23.5. The van der Waals surface area contributed by atoms with E-state index in [0.29, 0.717) is 26.2 Å². The molecule has 0 aromatic heterocycles. The Morgan fingerprint density at radius 3 is 1.85 bits per heavy atom. The fourth-order valence-electron chi connectivity index (χ4n) is 9.04. The lowest BCUT2D eigenvalue weighted by Crippen LogP contribution is -2.68. The van der Waals surface area contributed by atoms with Crippen molar-refractivity contribution in [3.05, 3.63) is 144 Å². The number of unbranched alkanes of at least 4 members (excludes halogenated alkanes) is 5. The van der Waals surface area contributed by atoms with Crippen molar-refractivity contribution < 1.29 is 52.2 Å². The minimum absolute atomic E-state index is 0.145. The number of rotatable bonds is 23. The molecule has 1 N–H and O–H groups in total. The second-order valence-electron chi connectivity index (χ2n) is 17.3. The number of esters is 1. The molecule has 4 aromatic carbocycles. The van der Waals surface area contributed by atoms with Crippen molar-refractivity contribution in [1.82, 2.24) is 5.32 Å². The van der Waals surface area contributed by atoms with Gasteiger partial charge in [0.2, 0.25) is 5.91 Å². The Balaban J connectivity index is 1.22. The number of carbonyl (C=O) groups excluding carboxylic acids is 2. The summed E-state index contributed by atoms with van der Waals surface area (Å²) in [4.78, 5) is 26.4. The molecular weight excluding hydrogens is 827 g/mol. The summed E-state index contributed by atoms with van der Waals surface area (Å²) in [6.45, 7) is 6.79. The van der Waals surface area contributed by atoms with Gasteiger partial charge in [0, 0.05) is 31.9 Å². The van der Waals surface area contributed by atoms with Gasteiger partial charge in [-0.1, -0.05) is 160 Å². The van der Waals surface area contributed by atoms with E-state index in [1.165, 1.54) is 33.1 Å². The fraction of sp³-hybridized carbons (Fsp3) is 0.509. The standard InChI is InChI=1S/C53H67NO11/c1-4-5-6-7-8-21-30-58-53-46(54-37(2)55)50(48(59-33-40-24-15-10-16-25-40)45(64-53)36-57-32-39-22-13-9-14-23-39)63-44-31-43-35-61-52(42-28-19-12-20-29-42)65-47(43)51(49(44)62-38(3)56)60-34-41-26-17-11-18-27-41/h9-20,22-29,43-53H,4-8,21,30-36H2,1-3H3,(H,54,55)/t43-,44-,45-,46-,47-,48-,49+,50-,51+,52-,53-/m1/s1. The molecule has 11 atom stereocenters. The highest BCUT2D eigenvalue weighted by molar-refractivity contribution is 5.73. The maximum absolute atomic E-state index is 13.2. The van der Waals surface area contributed by atoms with Gasteiger partial charge in [-0.25, -0.2) is 0 Å². The van der Waals surface area contributed by atoms with Gasteiger partial charge in [-0.05, 0) is 29.5 Å². The number of hydrogen-bond acceptors (Lipinski definition) is 11. The van der Waals surface area contributed by atoms with Crippen molar-refractivity contribution in [2.24, 2.45) is 5.92 Å². The third-order valence-corrected chi connectivity index (χ3v) is 12.2. The summed E-state index contributed by atoms with van der Waals surface area (Å²) in [6, 6.07) is 38.7. The molecule has 12 heteroatoms. The smallest absolute Gasteiger partial charge is 0.303 e. The zero-order valence-electron chi connectivity index (χ0n) is 38.1. The van der Waals surface area contributed by atoms with E-state index < -0.39 is 67.3 Å². The molecule has 350 valence electrons. The molecule has 2 aliphatic heterocycles. The van der Waals surface area contributed by atoms with Crippen LogP contribution in [0.3, 0.4) is 0 Å². The maximum atomic E-state index is 13.2. The number of hydrogen-bond donors (Lipinski definition) is 1. The summed E-state index contributed by atoms with van der Waals surface area (Å²) in [5, 5.41) is 3.14. The molecule has 0 unspecified atom stereocenters. The minimum atomic E-state index is -0.919. The molecule has 2 saturated heterocycles. The summed E-state index contributed by atoms with van der Waals surface area (Å²) >= 11 is 0. The van der Waals surface area contributed by atoms with Crippen molar-refractivity contribution in [1.29, 1.82) is 0 Å². The van der Waals surface area contributed by atoms with E-state index in [-0.39, 0.29) is 31.6 Å². The molecule has 7 rings (SSSR count). The summed E-state index contributed by atoms with van der Waals surface area (Å²) in [6.07, 6.45) is 0.0511. The third kappa shape index (κ3) is 14.2. The van der Waals surface area contributed by atoms with Gasteiger partial charge in [0.15, 0.2) is 18.7 Å². The Morgan fingerprint density at radius 2 is 1.23 bits per heavy atom. The molecule has 1 amide bonds. The molecule has 1 saturated carbocycles. The SMILES string of the molecule is CCCCCCCCO[C@@H]1O[C@H](COCc2ccccc2)[C@@H](OCc2ccccc2)[C@H](O[C@@H]2C[C@@H]3CO[C@@H](c4ccccc4)O[C@H]3[C@H](OCc3ccccc3)[C@H]2OC(C)=O)[C@H]1NC(C)=O. The second kappa shape index (κ2) is 25.4. The topological polar surface area (TPSA) is 129 Å². The van der Waals surface area contributed by atoms with Crippen LogP contribution >= 0.6 is 0 Å². The van der Waals surface area contributed by atoms with Crippen LogP contribution in [0.15, 0.2) is 121 Å². The molecule has 12 nitrogen and oxygen atoms in total. The number of amides is 1. The zero-order chi connectivity index (χ0) is 45.2. The average Bonchev–Trinajstić information content (AvgIpc) is 3.32. The largest absolute Gasteiger partial charge is 0.457 e. The second-order valence-corrected chi connectivity index (χ2v) is 17.3. The molecule has 3 fully saturated rings. The van der Waals surface area contributed by atoms with E-state index in [9.17, 15) is 9.59 Å². The first-order chi connectivity index (χ1) is 31.9. The molecule has 2 heterocycles. The van der Waals surface area contributed by atoms with Crippen LogP contribution < -0.4 is 5.32 Å². The summed E-state index contributed by atoms with van der Waals surface area (Å²) < 4.78 is 60.3. The number of nitrogens with one attached hydrogen (secondary N) is 1. The normalized spacial score (nSPS) is 27.6. The van der Waals surface area contributed by atoms with Crippen LogP contribution in [-0.2, 0) is 72.0 Å². The van der Waals surface area contributed by atoms with Crippen LogP contribution in [0.1, 0.15) is 94.3 Å². The Hall–Kier alpha value is -4.50. The van der Waals surface area contributed by atoms with E-state index in [1.807, 2.05) is 121 Å². The molecule has 1 aliphatic carbocycles. The van der Waals surface area contributed by atoms with Crippen molar-refractivity contribution in [2.75, 3.05) is 19.8 Å². The number of ether oxygens (including phenoxy) is 9. The van der Waals surface area contributed by atoms with Crippen LogP contribution in [-0.4, -0.2) is 86.8 Å². The molecular formula is C53H67NO11. The molecule has 0 bridgehead atoms. The van der Waals surface area contributed by atoms with Crippen LogP contribution in [0.2, 0.25) is 0 Å². The Kier molecular flexibility index (Phi) is 18.9. The summed E-state index contributed by atoms with van der Waals surface area (Å²) in [5.41, 5.74) is 3.79. The Bertz CT molecular complexity index is 1980. The number of benzene rings is 4. The fourth-order valence-corrected chi connectivity index (χ4v) is 9.04. The van der Waals surface area contributed by atoms with Gasteiger partial charge in [0.25, 0.3) is 0 Å². The number of carbonyl (C=O) groups is 2. The predicted octanol–water partition coefficient (Wildman–Crippen LogP) is 8.80. The lowest BCUT2D eigenvalue weighted by molar-refractivity contribution is -0.324. The van der Waals surface area contributed by atoms with Crippen molar-refractivity contribution in [3.8, 4) is 0 Å². The van der Waals surface area contributed by atoms with Crippen LogP contribution in [0.5, 0.6) is 0 Å². The van der Waals surface area contributed by atoms with Crippen LogP contribution in [0.4, 0.5) is 0 Å². The highest BCUT2D eigenvalue weighted by Crippen LogP contribution is 2.42. The first kappa shape index (κ1) is 48.4. The Labute approximate surface area is 384 Å². The van der Waals surface area contributed by atoms with Gasteiger partial charge in [0.1, 0.15) is 30.5 Å². The van der Waals surface area contributed by atoms with Gasteiger partial charge in [-0.2, -0.15) is 0 Å². The van der Waals surface area contributed by atoms with Gasteiger partial charge in [0.05, 0.1) is 45.2 Å². The van der Waals surface area contributed by atoms with E-state index >= 15 is 0 Å². The van der Waals surface area contributed by atoms with Crippen molar-refractivity contribution >= 4 is 11.9 Å². The van der Waals surface area contributed by atoms with Crippen LogP contribution in [0, 0.1) is 5.92 Å². The lowest BCUT2D eigenvalue weighted by atomic mass is 9.79. The van der Waals surface area contributed by atoms with E-state index in [2.05, 4.69) is 12.2 Å². The Morgan fingerprint density at radius 1 is 0.646 bits per heavy atom. The molecule has 4 aromatic rings. The molecule has 3 aliphatic rings. The highest BCUT2D eigenvalue weighted by atomic mass is 16.7. The predicted molar refractivity (Wildman–Crippen MR) is 244 cm³/mol. The van der Waals surface area contributed by atoms with Gasteiger partial charge in [-0.15, -0.1) is 0 Å². The quantitative estimate of drug-likeness (QED) is 0.0567. The average molecular weight is 894 g/mol. The van der Waals surface area contributed by atoms with Crippen molar-refractivity contribution in [2.45, 2.75) is 147 Å². The van der Waals surface area contributed by atoms with Crippen molar-refractivity contribution in [3.63, 3.8) is 0 Å². The summed E-state index contributed by atoms with van der Waals surface area (Å²) in [5.74, 6) is -0.983. The monoisotopic (exact) mass is 893 g/mol. The third-order valence-electron chi connectivity index (χ3n) is 12.2. The molecule has 0 radical (unpaired) electrons. The first-order valence-electron chi connectivity index (χ1n) is 23.5. The van der Waals surface area contributed by atoms with Gasteiger partial charge in [-0.3, -0.25) is 9.59 Å². The molecule has 65 heavy (non-hydrogen) atoms. The molecule has 0 spiro atoms. The minimum Gasteiger partial charge on any atom is -0.457 e. The van der Waals surface area contributed by atoms with E-state index in [4.69, 9.17) is 42.6 Å². The highest BCUT2D eigenvalue weighted by Gasteiger charge is 2.55. The summed E-state index contributed by atoms with van der Waals surface area (Å²) in [7, 11) is 0. The zero-order valence-corrected chi connectivity index (χ0v) is 38.1. The van der Waals surface area contributed by atoms with Gasteiger partial charge >= 0.3 is 5.97 Å². The van der Waals surface area contributed by atoms with E-state index in [1.54, 1.807) is 0 Å². The maximum Gasteiger partial charge on any atom is 0.303 e. The van der Waals surface area contributed by atoms with Crippen LogP contribution in [0.25, 0.3) is 0 Å².